The van der Waals surface area contributed by atoms with Crippen LogP contribution in [0.5, 0.6) is 0 Å². The lowest BCUT2D eigenvalue weighted by atomic mass is 10.1. The van der Waals surface area contributed by atoms with Gasteiger partial charge in [-0.1, -0.05) is 15.9 Å². The fraction of sp³-hybridized carbons (Fsp3) is 0.417. The van der Waals surface area contributed by atoms with Crippen LogP contribution in [-0.4, -0.2) is 29.3 Å². The first kappa shape index (κ1) is 12.5. The van der Waals surface area contributed by atoms with E-state index >= 15 is 0 Å². The number of hydrogen-bond acceptors (Lipinski definition) is 3. The van der Waals surface area contributed by atoms with Crippen LogP contribution in [-0.2, 0) is 11.4 Å². The predicted molar refractivity (Wildman–Crippen MR) is 67.6 cm³/mol. The molecule has 1 aliphatic rings. The average Bonchev–Trinajstić information content (AvgIpc) is 2.70. The minimum absolute atomic E-state index is 0.000993. The maximum atomic E-state index is 11.8. The summed E-state index contributed by atoms with van der Waals surface area (Å²) in [5, 5.41) is 18.4. The van der Waals surface area contributed by atoms with Crippen LogP contribution < -0.4 is 4.90 Å². The minimum atomic E-state index is -0.109. The molecule has 1 saturated heterocycles. The summed E-state index contributed by atoms with van der Waals surface area (Å²) in [6, 6.07) is 5.45. The number of aliphatic hydroxyl groups is 2. The molecule has 0 bridgehead atoms. The summed E-state index contributed by atoms with van der Waals surface area (Å²) in [7, 11) is 0. The first-order valence-electron chi connectivity index (χ1n) is 5.46. The summed E-state index contributed by atoms with van der Waals surface area (Å²) in [6.07, 6.45) is 0.372. The molecule has 1 amide bonds. The lowest BCUT2D eigenvalue weighted by molar-refractivity contribution is -0.117. The van der Waals surface area contributed by atoms with E-state index in [0.717, 1.165) is 10.2 Å². The molecule has 0 aliphatic carbocycles. The van der Waals surface area contributed by atoms with Crippen molar-refractivity contribution in [3.63, 3.8) is 0 Å². The molecular weight excluding hydrogens is 286 g/mol. The highest BCUT2D eigenvalue weighted by Crippen LogP contribution is 2.30. The fourth-order valence-corrected chi connectivity index (χ4v) is 2.49. The Bertz CT molecular complexity index is 436. The van der Waals surface area contributed by atoms with Gasteiger partial charge < -0.3 is 15.1 Å². The largest absolute Gasteiger partial charge is 0.396 e. The van der Waals surface area contributed by atoms with E-state index in [1.165, 1.54) is 0 Å². The molecule has 2 rings (SSSR count). The van der Waals surface area contributed by atoms with Gasteiger partial charge >= 0.3 is 0 Å². The predicted octanol–water partition coefficient (Wildman–Crippen LogP) is 1.29. The van der Waals surface area contributed by atoms with Crippen molar-refractivity contribution >= 4 is 27.5 Å². The minimum Gasteiger partial charge on any atom is -0.396 e. The number of anilines is 1. The fourth-order valence-electron chi connectivity index (χ4n) is 2.08. The molecule has 0 saturated carbocycles. The summed E-state index contributed by atoms with van der Waals surface area (Å²) in [6.45, 7) is 0.430. The van der Waals surface area contributed by atoms with E-state index in [-0.39, 0.29) is 25.0 Å². The molecule has 0 radical (unpaired) electrons. The number of halogens is 1. The van der Waals surface area contributed by atoms with E-state index in [4.69, 9.17) is 5.11 Å². The van der Waals surface area contributed by atoms with Crippen LogP contribution in [0.2, 0.25) is 0 Å². The van der Waals surface area contributed by atoms with Gasteiger partial charge in [0.25, 0.3) is 0 Å². The van der Waals surface area contributed by atoms with Crippen LogP contribution in [0.4, 0.5) is 5.69 Å². The molecule has 5 heteroatoms. The van der Waals surface area contributed by atoms with Crippen LogP contribution in [0.15, 0.2) is 22.7 Å². The smallest absolute Gasteiger partial charge is 0.227 e. The first-order valence-corrected chi connectivity index (χ1v) is 6.25. The topological polar surface area (TPSA) is 60.8 Å². The quantitative estimate of drug-likeness (QED) is 0.884. The molecule has 17 heavy (non-hydrogen) atoms. The zero-order chi connectivity index (χ0) is 12.4. The maximum absolute atomic E-state index is 11.8. The number of hydrogen-bond donors (Lipinski definition) is 2. The number of carbonyl (C=O) groups is 1. The Morgan fingerprint density at radius 3 is 2.76 bits per heavy atom. The second-order valence-corrected chi connectivity index (χ2v) is 5.10. The second-order valence-electron chi connectivity index (χ2n) is 4.19. The van der Waals surface area contributed by atoms with Crippen molar-refractivity contribution in [3.8, 4) is 0 Å². The molecule has 1 aromatic carbocycles. The summed E-state index contributed by atoms with van der Waals surface area (Å²) in [4.78, 5) is 13.5. The molecule has 4 nitrogen and oxygen atoms in total. The lowest BCUT2D eigenvalue weighted by Crippen LogP contribution is -2.26. The number of benzene rings is 1. The van der Waals surface area contributed by atoms with Crippen molar-refractivity contribution in [1.29, 1.82) is 0 Å². The molecule has 92 valence electrons. The third kappa shape index (κ3) is 2.51. The monoisotopic (exact) mass is 299 g/mol. The van der Waals surface area contributed by atoms with Crippen molar-refractivity contribution in [2.45, 2.75) is 13.0 Å². The van der Waals surface area contributed by atoms with Crippen LogP contribution >= 0.6 is 15.9 Å². The van der Waals surface area contributed by atoms with Crippen LogP contribution in [0.1, 0.15) is 12.0 Å². The molecule has 1 atom stereocenters. The number of amides is 1. The Balaban J connectivity index is 2.31. The molecule has 0 spiro atoms. The van der Waals surface area contributed by atoms with E-state index in [9.17, 15) is 9.90 Å². The molecule has 1 aliphatic heterocycles. The van der Waals surface area contributed by atoms with E-state index in [1.807, 2.05) is 12.1 Å². The SMILES string of the molecule is O=C1CC(CO)CN1c1ccc(Br)cc1CO. The Labute approximate surface area is 108 Å². The number of nitrogens with zero attached hydrogens (tertiary/aromatic N) is 1. The number of rotatable bonds is 3. The highest BCUT2D eigenvalue weighted by molar-refractivity contribution is 9.10. The van der Waals surface area contributed by atoms with Crippen molar-refractivity contribution in [3.05, 3.63) is 28.2 Å². The van der Waals surface area contributed by atoms with Crippen molar-refractivity contribution < 1.29 is 15.0 Å². The van der Waals surface area contributed by atoms with Gasteiger partial charge in [0, 0.05) is 41.2 Å². The molecule has 1 aromatic rings. The van der Waals surface area contributed by atoms with Gasteiger partial charge in [0.05, 0.1) is 6.61 Å². The molecule has 0 aromatic heterocycles. The number of carbonyl (C=O) groups excluding carboxylic acids is 1. The van der Waals surface area contributed by atoms with Gasteiger partial charge in [-0.3, -0.25) is 4.79 Å². The average molecular weight is 300 g/mol. The van der Waals surface area contributed by atoms with Crippen LogP contribution in [0, 0.1) is 5.92 Å². The van der Waals surface area contributed by atoms with Gasteiger partial charge in [-0.25, -0.2) is 0 Å². The molecule has 2 N–H and O–H groups in total. The van der Waals surface area contributed by atoms with Gasteiger partial charge in [0.15, 0.2) is 0 Å². The van der Waals surface area contributed by atoms with Gasteiger partial charge in [-0.15, -0.1) is 0 Å². The zero-order valence-electron chi connectivity index (χ0n) is 9.27. The number of aliphatic hydroxyl groups excluding tert-OH is 2. The summed E-state index contributed by atoms with van der Waals surface area (Å²) >= 11 is 3.33. The molecule has 1 fully saturated rings. The molecule has 1 unspecified atom stereocenters. The van der Waals surface area contributed by atoms with E-state index in [0.29, 0.717) is 18.5 Å². The Kier molecular flexibility index (Phi) is 3.81. The maximum Gasteiger partial charge on any atom is 0.227 e. The van der Waals surface area contributed by atoms with Crippen molar-refractivity contribution in [2.75, 3.05) is 18.1 Å². The van der Waals surface area contributed by atoms with Crippen molar-refractivity contribution in [2.24, 2.45) is 5.92 Å². The van der Waals surface area contributed by atoms with Gasteiger partial charge in [0.2, 0.25) is 5.91 Å². The third-order valence-corrected chi connectivity index (χ3v) is 3.46. The van der Waals surface area contributed by atoms with Gasteiger partial charge in [-0.05, 0) is 18.2 Å². The summed E-state index contributed by atoms with van der Waals surface area (Å²) < 4.78 is 0.871. The van der Waals surface area contributed by atoms with Gasteiger partial charge in [0.1, 0.15) is 0 Å². The van der Waals surface area contributed by atoms with E-state index in [2.05, 4.69) is 15.9 Å². The second kappa shape index (κ2) is 5.16. The normalized spacial score (nSPS) is 20.1. The Morgan fingerprint density at radius 1 is 1.41 bits per heavy atom. The summed E-state index contributed by atoms with van der Waals surface area (Å²) in [5.41, 5.74) is 1.45. The standard InChI is InChI=1S/C12H14BrNO3/c13-10-1-2-11(9(4-10)7-16)14-5-8(6-15)3-12(14)17/h1-2,4,8,15-16H,3,5-7H2. The van der Waals surface area contributed by atoms with Crippen LogP contribution in [0.3, 0.4) is 0 Å². The Morgan fingerprint density at radius 2 is 2.18 bits per heavy atom. The van der Waals surface area contributed by atoms with Crippen LogP contribution in [0.25, 0.3) is 0 Å². The summed E-state index contributed by atoms with van der Waals surface area (Å²) in [5.74, 6) is -0.00115. The van der Waals surface area contributed by atoms with E-state index < -0.39 is 0 Å². The first-order chi connectivity index (χ1) is 8.15. The van der Waals surface area contributed by atoms with Crippen molar-refractivity contribution in [1.82, 2.24) is 0 Å². The zero-order valence-corrected chi connectivity index (χ0v) is 10.9. The molecular formula is C12H14BrNO3. The highest BCUT2D eigenvalue weighted by Gasteiger charge is 2.31. The molecule has 1 heterocycles. The highest BCUT2D eigenvalue weighted by atomic mass is 79.9. The lowest BCUT2D eigenvalue weighted by Gasteiger charge is -2.19. The Hall–Kier alpha value is -0.910. The van der Waals surface area contributed by atoms with Gasteiger partial charge in [-0.2, -0.15) is 0 Å². The van der Waals surface area contributed by atoms with E-state index in [1.54, 1.807) is 11.0 Å². The third-order valence-electron chi connectivity index (χ3n) is 2.97.